The van der Waals surface area contributed by atoms with Gasteiger partial charge in [-0.25, -0.2) is 4.98 Å². The molecule has 0 aliphatic carbocycles. The summed E-state index contributed by atoms with van der Waals surface area (Å²) in [5.74, 6) is 0.210. The fraction of sp³-hybridized carbons (Fsp3) is 0.231. The van der Waals surface area contributed by atoms with Crippen LogP contribution >= 0.6 is 0 Å². The molecule has 0 radical (unpaired) electrons. The molecule has 4 rings (SSSR count). The molecular formula is C26H27N3O2. The van der Waals surface area contributed by atoms with E-state index in [1.165, 1.54) is 11.1 Å². The topological polar surface area (TPSA) is 66.6 Å². The lowest BCUT2D eigenvalue weighted by Gasteiger charge is -2.09. The van der Waals surface area contributed by atoms with Gasteiger partial charge in [0.05, 0.1) is 17.8 Å². The van der Waals surface area contributed by atoms with Crippen molar-refractivity contribution < 1.29 is 9.90 Å². The van der Waals surface area contributed by atoms with Gasteiger partial charge in [-0.15, -0.1) is 0 Å². The summed E-state index contributed by atoms with van der Waals surface area (Å²) < 4.78 is 2.03. The lowest BCUT2D eigenvalue weighted by atomic mass is 10.0. The molecule has 0 aliphatic rings. The standard InChI is InChI=1S/C26H27N3O2/c1-17-6-9-21(15-19(17)3)25-23(29-14-4-5-18(2)26(29)28-25)16-24(31)27-13-12-20-7-10-22(30)11-8-20/h4-11,14-15,30H,12-13,16H2,1-3H3,(H,27,31). The highest BCUT2D eigenvalue weighted by Crippen LogP contribution is 2.28. The molecule has 1 amide bonds. The minimum atomic E-state index is -0.0350. The second-order valence-electron chi connectivity index (χ2n) is 8.03. The van der Waals surface area contributed by atoms with Gasteiger partial charge < -0.3 is 14.8 Å². The molecule has 2 aromatic heterocycles. The average Bonchev–Trinajstić information content (AvgIpc) is 3.11. The van der Waals surface area contributed by atoms with Gasteiger partial charge in [0.15, 0.2) is 0 Å². The fourth-order valence-corrected chi connectivity index (χ4v) is 3.77. The second-order valence-corrected chi connectivity index (χ2v) is 8.03. The van der Waals surface area contributed by atoms with Gasteiger partial charge in [0, 0.05) is 18.3 Å². The first-order valence-corrected chi connectivity index (χ1v) is 10.5. The highest BCUT2D eigenvalue weighted by atomic mass is 16.3. The van der Waals surface area contributed by atoms with Gasteiger partial charge in [-0.05, 0) is 73.7 Å². The number of hydrogen-bond acceptors (Lipinski definition) is 3. The molecule has 5 nitrogen and oxygen atoms in total. The number of nitrogens with one attached hydrogen (secondary N) is 1. The van der Waals surface area contributed by atoms with Crippen LogP contribution in [-0.2, 0) is 17.6 Å². The third-order valence-electron chi connectivity index (χ3n) is 5.72. The molecule has 0 saturated heterocycles. The smallest absolute Gasteiger partial charge is 0.226 e. The molecule has 0 atom stereocenters. The number of carbonyl (C=O) groups excluding carboxylic acids is 1. The first-order valence-electron chi connectivity index (χ1n) is 10.5. The molecule has 0 fully saturated rings. The van der Waals surface area contributed by atoms with Gasteiger partial charge in [0.1, 0.15) is 11.4 Å². The van der Waals surface area contributed by atoms with Crippen LogP contribution in [0.3, 0.4) is 0 Å². The van der Waals surface area contributed by atoms with Crippen molar-refractivity contribution in [1.29, 1.82) is 0 Å². The molecule has 0 unspecified atom stereocenters. The maximum absolute atomic E-state index is 12.8. The Kier molecular flexibility index (Phi) is 5.76. The van der Waals surface area contributed by atoms with Crippen molar-refractivity contribution in [3.63, 3.8) is 0 Å². The quantitative estimate of drug-likeness (QED) is 0.488. The van der Waals surface area contributed by atoms with E-state index in [0.717, 1.165) is 33.7 Å². The zero-order chi connectivity index (χ0) is 22.0. The number of fused-ring (bicyclic) bond motifs is 1. The van der Waals surface area contributed by atoms with E-state index >= 15 is 0 Å². The van der Waals surface area contributed by atoms with Crippen molar-refractivity contribution in [2.45, 2.75) is 33.6 Å². The van der Waals surface area contributed by atoms with Gasteiger partial charge in [-0.1, -0.05) is 30.3 Å². The third kappa shape index (κ3) is 4.45. The van der Waals surface area contributed by atoms with Gasteiger partial charge in [-0.3, -0.25) is 4.79 Å². The van der Waals surface area contributed by atoms with Crippen LogP contribution in [0.15, 0.2) is 60.8 Å². The summed E-state index contributed by atoms with van der Waals surface area (Å²) in [4.78, 5) is 17.7. The highest BCUT2D eigenvalue weighted by molar-refractivity contribution is 5.82. The van der Waals surface area contributed by atoms with Crippen LogP contribution in [0.1, 0.15) is 27.9 Å². The SMILES string of the molecule is Cc1ccc(-c2nc3c(C)cccn3c2CC(=O)NCCc2ccc(O)cc2)cc1C. The van der Waals surface area contributed by atoms with Gasteiger partial charge in [-0.2, -0.15) is 0 Å². The molecule has 0 bridgehead atoms. The zero-order valence-corrected chi connectivity index (χ0v) is 18.1. The number of hydrogen-bond donors (Lipinski definition) is 2. The van der Waals surface area contributed by atoms with Crippen LogP contribution in [0.25, 0.3) is 16.9 Å². The summed E-state index contributed by atoms with van der Waals surface area (Å²) in [6.45, 7) is 6.76. The average molecular weight is 414 g/mol. The molecule has 2 heterocycles. The number of amides is 1. The Labute approximate surface area is 182 Å². The number of imidazole rings is 1. The number of rotatable bonds is 6. The van der Waals surface area contributed by atoms with Crippen molar-refractivity contribution in [2.24, 2.45) is 0 Å². The fourth-order valence-electron chi connectivity index (χ4n) is 3.77. The number of aryl methyl sites for hydroxylation is 3. The minimum absolute atomic E-state index is 0.0350. The number of pyridine rings is 1. The molecular weight excluding hydrogens is 386 g/mol. The van der Waals surface area contributed by atoms with E-state index in [2.05, 4.69) is 37.4 Å². The predicted molar refractivity (Wildman–Crippen MR) is 123 cm³/mol. The maximum atomic E-state index is 12.8. The monoisotopic (exact) mass is 413 g/mol. The molecule has 0 spiro atoms. The number of carbonyl (C=O) groups is 1. The summed E-state index contributed by atoms with van der Waals surface area (Å²) in [5, 5.41) is 12.4. The Morgan fingerprint density at radius 2 is 1.77 bits per heavy atom. The zero-order valence-electron chi connectivity index (χ0n) is 18.1. The first kappa shape index (κ1) is 20.7. The van der Waals surface area contributed by atoms with E-state index in [9.17, 15) is 9.90 Å². The largest absolute Gasteiger partial charge is 0.508 e. The van der Waals surface area contributed by atoms with Crippen LogP contribution in [0, 0.1) is 20.8 Å². The molecule has 158 valence electrons. The second kappa shape index (κ2) is 8.64. The maximum Gasteiger partial charge on any atom is 0.226 e. The predicted octanol–water partition coefficient (Wildman–Crippen LogP) is 4.53. The summed E-state index contributed by atoms with van der Waals surface area (Å²) in [6, 6.07) is 17.4. The lowest BCUT2D eigenvalue weighted by molar-refractivity contribution is -0.120. The Morgan fingerprint density at radius 3 is 2.52 bits per heavy atom. The summed E-state index contributed by atoms with van der Waals surface area (Å²) in [7, 11) is 0. The Bertz CT molecular complexity index is 1240. The number of nitrogens with zero attached hydrogens (tertiary/aromatic N) is 2. The molecule has 2 N–H and O–H groups in total. The summed E-state index contributed by atoms with van der Waals surface area (Å²) >= 11 is 0. The van der Waals surface area contributed by atoms with Gasteiger partial charge in [0.2, 0.25) is 5.91 Å². The number of aromatic hydroxyl groups is 1. The number of aromatic nitrogens is 2. The Balaban J connectivity index is 1.58. The number of benzene rings is 2. The minimum Gasteiger partial charge on any atom is -0.508 e. The highest BCUT2D eigenvalue weighted by Gasteiger charge is 2.18. The van der Waals surface area contributed by atoms with Crippen molar-refractivity contribution in [3.8, 4) is 17.0 Å². The lowest BCUT2D eigenvalue weighted by Crippen LogP contribution is -2.27. The third-order valence-corrected chi connectivity index (χ3v) is 5.72. The van der Waals surface area contributed by atoms with Gasteiger partial charge in [0.25, 0.3) is 0 Å². The van der Waals surface area contributed by atoms with E-state index in [4.69, 9.17) is 4.98 Å². The molecule has 4 aromatic rings. The molecule has 0 aliphatic heterocycles. The van der Waals surface area contributed by atoms with E-state index in [-0.39, 0.29) is 18.1 Å². The van der Waals surface area contributed by atoms with Crippen LogP contribution in [-0.4, -0.2) is 26.9 Å². The summed E-state index contributed by atoms with van der Waals surface area (Å²) in [5.41, 5.74) is 8.23. The number of phenolic OH excluding ortho intramolecular Hbond substituents is 1. The molecule has 31 heavy (non-hydrogen) atoms. The van der Waals surface area contributed by atoms with Crippen molar-refractivity contribution in [2.75, 3.05) is 6.54 Å². The Morgan fingerprint density at radius 1 is 1.00 bits per heavy atom. The Hall–Kier alpha value is -3.60. The van der Waals surface area contributed by atoms with E-state index in [1.807, 2.05) is 41.8 Å². The van der Waals surface area contributed by atoms with E-state index < -0.39 is 0 Å². The molecule has 2 aromatic carbocycles. The van der Waals surface area contributed by atoms with Gasteiger partial charge >= 0.3 is 0 Å². The van der Waals surface area contributed by atoms with Crippen LogP contribution < -0.4 is 5.32 Å². The first-order chi connectivity index (χ1) is 14.9. The van der Waals surface area contributed by atoms with Crippen LogP contribution in [0.2, 0.25) is 0 Å². The van der Waals surface area contributed by atoms with Crippen LogP contribution in [0.5, 0.6) is 5.75 Å². The van der Waals surface area contributed by atoms with Crippen LogP contribution in [0.4, 0.5) is 0 Å². The molecule has 0 saturated carbocycles. The summed E-state index contributed by atoms with van der Waals surface area (Å²) in [6.07, 6.45) is 2.93. The van der Waals surface area contributed by atoms with Crippen molar-refractivity contribution in [3.05, 3.63) is 88.7 Å². The van der Waals surface area contributed by atoms with Crippen molar-refractivity contribution >= 4 is 11.6 Å². The van der Waals surface area contributed by atoms with Crippen molar-refractivity contribution in [1.82, 2.24) is 14.7 Å². The van der Waals surface area contributed by atoms with E-state index in [1.54, 1.807) is 12.1 Å². The normalized spacial score (nSPS) is 11.1. The number of phenols is 1. The van der Waals surface area contributed by atoms with E-state index in [0.29, 0.717) is 13.0 Å². The molecule has 5 heteroatoms.